The van der Waals surface area contributed by atoms with Gasteiger partial charge in [0.2, 0.25) is 5.75 Å². The molecular formula is C91H152O8. The Morgan fingerprint density at radius 2 is 0.444 bits per heavy atom. The standard InChI is InChI=1S/C91H152O8/c1-5-9-13-17-21-25-29-33-37-41-45-49-53-57-67-75-85(92)96-84-80-79-83(91(81-71-63-61-64-72-81,82-73-65-62-66-74-82)99-88(95)78-70-60-56-52-48-44-40-36-32-28-24-20-16-12-8-4)89(97-86(93)76-68-58-54-50-46-42-38-34-30-26-22-18-14-10-6-2)90(84)98-87(94)77-69-59-55-51-47-43-39-35-31-27-23-19-15-11-7-3/h61-66,71-74,79-80H,5-60,67-70,75-78H2,1-4H3. The van der Waals surface area contributed by atoms with Crippen molar-refractivity contribution in [1.29, 1.82) is 0 Å². The summed E-state index contributed by atoms with van der Waals surface area (Å²) in [4.78, 5) is 58.1. The maximum atomic E-state index is 14.8. The van der Waals surface area contributed by atoms with Gasteiger partial charge in [-0.2, -0.15) is 0 Å². The molecule has 0 fully saturated rings. The Kier molecular flexibility index (Phi) is 57.7. The van der Waals surface area contributed by atoms with Crippen molar-refractivity contribution in [3.05, 3.63) is 89.5 Å². The second-order valence-corrected chi connectivity index (χ2v) is 29.9. The van der Waals surface area contributed by atoms with E-state index in [1.807, 2.05) is 60.7 Å². The SMILES string of the molecule is CCCCCCCCCCCCCCCCCC(=O)Oc1ccc(C(OC(=O)CCCCCCCCCCCCCCCCC)(c2ccccc2)c2ccccc2)c(OC(=O)CCCCCCCCCCCCCCCCC)c1OC(=O)CCCCCCCCCCCCCCCCC. The lowest BCUT2D eigenvalue weighted by Gasteiger charge is -2.36. The van der Waals surface area contributed by atoms with Crippen molar-refractivity contribution in [3.8, 4) is 17.2 Å². The van der Waals surface area contributed by atoms with Crippen molar-refractivity contribution in [1.82, 2.24) is 0 Å². The van der Waals surface area contributed by atoms with Gasteiger partial charge in [0.25, 0.3) is 0 Å². The molecular weight excluding hydrogens is 1220 g/mol. The second-order valence-electron chi connectivity index (χ2n) is 29.9. The zero-order chi connectivity index (χ0) is 70.8. The van der Waals surface area contributed by atoms with Crippen molar-refractivity contribution >= 4 is 23.9 Å². The van der Waals surface area contributed by atoms with Gasteiger partial charge in [-0.05, 0) is 37.8 Å². The molecule has 0 aliphatic heterocycles. The van der Waals surface area contributed by atoms with Gasteiger partial charge < -0.3 is 18.9 Å². The summed E-state index contributed by atoms with van der Waals surface area (Å²) in [6.07, 6.45) is 73.7. The number of benzene rings is 3. The van der Waals surface area contributed by atoms with E-state index in [1.165, 1.54) is 283 Å². The first-order chi connectivity index (χ1) is 48.8. The maximum absolute atomic E-state index is 14.8. The number of hydrogen-bond donors (Lipinski definition) is 0. The van der Waals surface area contributed by atoms with Crippen molar-refractivity contribution in [2.75, 3.05) is 0 Å². The van der Waals surface area contributed by atoms with E-state index in [0.29, 0.717) is 42.4 Å². The van der Waals surface area contributed by atoms with Crippen LogP contribution in [0.2, 0.25) is 0 Å². The van der Waals surface area contributed by atoms with Crippen LogP contribution >= 0.6 is 0 Å². The van der Waals surface area contributed by atoms with E-state index in [9.17, 15) is 19.2 Å². The summed E-state index contributed by atoms with van der Waals surface area (Å²) < 4.78 is 26.5. The number of ether oxygens (including phenoxy) is 4. The highest BCUT2D eigenvalue weighted by molar-refractivity contribution is 5.82. The van der Waals surface area contributed by atoms with Crippen molar-refractivity contribution < 1.29 is 38.1 Å². The molecule has 0 saturated carbocycles. The van der Waals surface area contributed by atoms with Crippen molar-refractivity contribution in [3.63, 3.8) is 0 Å². The summed E-state index contributed by atoms with van der Waals surface area (Å²) in [5.41, 5.74) is -0.0976. The van der Waals surface area contributed by atoms with Gasteiger partial charge in [-0.1, -0.05) is 448 Å². The van der Waals surface area contributed by atoms with Crippen molar-refractivity contribution in [2.24, 2.45) is 0 Å². The summed E-state index contributed by atoms with van der Waals surface area (Å²) in [5, 5.41) is 0. The fraction of sp³-hybridized carbons (Fsp3) is 0.758. The van der Waals surface area contributed by atoms with Crippen LogP contribution < -0.4 is 14.2 Å². The van der Waals surface area contributed by atoms with E-state index in [2.05, 4.69) is 27.7 Å². The van der Waals surface area contributed by atoms with Gasteiger partial charge in [0.05, 0.1) is 5.56 Å². The molecule has 0 heterocycles. The molecule has 99 heavy (non-hydrogen) atoms. The number of carbonyl (C=O) groups is 4. The minimum Gasteiger partial charge on any atom is -0.444 e. The van der Waals surface area contributed by atoms with Gasteiger partial charge in [0.15, 0.2) is 17.1 Å². The smallest absolute Gasteiger partial charge is 0.311 e. The fourth-order valence-electron chi connectivity index (χ4n) is 14.4. The first-order valence-corrected chi connectivity index (χ1v) is 42.9. The highest BCUT2D eigenvalue weighted by Crippen LogP contribution is 2.51. The third kappa shape index (κ3) is 45.3. The third-order valence-electron chi connectivity index (χ3n) is 20.7. The molecule has 8 heteroatoms. The molecule has 0 aliphatic rings. The highest BCUT2D eigenvalue weighted by Gasteiger charge is 2.45. The average molecular weight is 1370 g/mol. The fourth-order valence-corrected chi connectivity index (χ4v) is 14.4. The second kappa shape index (κ2) is 64.4. The number of hydrogen-bond acceptors (Lipinski definition) is 8. The van der Waals surface area contributed by atoms with E-state index in [4.69, 9.17) is 18.9 Å². The predicted octanol–water partition coefficient (Wildman–Crippen LogP) is 29.3. The molecule has 8 nitrogen and oxygen atoms in total. The number of esters is 4. The molecule has 0 bridgehead atoms. The molecule has 3 rings (SSSR count). The number of rotatable bonds is 71. The molecule has 3 aromatic carbocycles. The van der Waals surface area contributed by atoms with Crippen LogP contribution in [0.5, 0.6) is 17.2 Å². The monoisotopic (exact) mass is 1370 g/mol. The highest BCUT2D eigenvalue weighted by atomic mass is 16.6. The minimum absolute atomic E-state index is 0.00322. The lowest BCUT2D eigenvalue weighted by atomic mass is 9.79. The molecule has 564 valence electrons. The van der Waals surface area contributed by atoms with Gasteiger partial charge in [0.1, 0.15) is 0 Å². The lowest BCUT2D eigenvalue weighted by molar-refractivity contribution is -0.153. The van der Waals surface area contributed by atoms with Crippen LogP contribution in [0.1, 0.15) is 455 Å². The average Bonchev–Trinajstić information content (AvgIpc) is 0.737. The molecule has 0 aromatic heterocycles. The molecule has 0 N–H and O–H groups in total. The predicted molar refractivity (Wildman–Crippen MR) is 420 cm³/mol. The van der Waals surface area contributed by atoms with Gasteiger partial charge in [-0.15, -0.1) is 0 Å². The van der Waals surface area contributed by atoms with Crippen LogP contribution in [0.4, 0.5) is 0 Å². The Morgan fingerprint density at radius 1 is 0.232 bits per heavy atom. The normalized spacial score (nSPS) is 11.6. The van der Waals surface area contributed by atoms with Crippen molar-refractivity contribution in [2.45, 2.75) is 444 Å². The molecule has 0 saturated heterocycles. The zero-order valence-corrected chi connectivity index (χ0v) is 64.9. The molecule has 0 spiro atoms. The Hall–Kier alpha value is -4.46. The molecule has 3 aromatic rings. The summed E-state index contributed by atoms with van der Waals surface area (Å²) in [6.45, 7) is 9.10. The van der Waals surface area contributed by atoms with Gasteiger partial charge in [0, 0.05) is 36.8 Å². The molecule has 0 aliphatic carbocycles. The van der Waals surface area contributed by atoms with E-state index >= 15 is 0 Å². The van der Waals surface area contributed by atoms with Gasteiger partial charge >= 0.3 is 23.9 Å². The van der Waals surface area contributed by atoms with E-state index in [-0.39, 0.29) is 42.9 Å². The summed E-state index contributed by atoms with van der Waals surface area (Å²) in [5.74, 6) is -2.04. The maximum Gasteiger partial charge on any atom is 0.311 e. The van der Waals surface area contributed by atoms with E-state index in [0.717, 1.165) is 77.0 Å². The van der Waals surface area contributed by atoms with Crippen LogP contribution in [0.15, 0.2) is 72.8 Å². The Balaban J connectivity index is 1.90. The van der Waals surface area contributed by atoms with E-state index in [1.54, 1.807) is 12.1 Å². The summed E-state index contributed by atoms with van der Waals surface area (Å²) >= 11 is 0. The largest absolute Gasteiger partial charge is 0.444 e. The Bertz CT molecular complexity index is 2310. The van der Waals surface area contributed by atoms with Crippen LogP contribution in [0.3, 0.4) is 0 Å². The Morgan fingerprint density at radius 3 is 0.697 bits per heavy atom. The van der Waals surface area contributed by atoms with Crippen LogP contribution in [-0.4, -0.2) is 23.9 Å². The van der Waals surface area contributed by atoms with E-state index < -0.39 is 29.5 Å². The molecule has 0 unspecified atom stereocenters. The van der Waals surface area contributed by atoms with Gasteiger partial charge in [-0.25, -0.2) is 0 Å². The molecule has 0 radical (unpaired) electrons. The quantitative estimate of drug-likeness (QED) is 0.0238. The number of carbonyl (C=O) groups excluding carboxylic acids is 4. The Labute approximate surface area is 609 Å². The summed E-state index contributed by atoms with van der Waals surface area (Å²) in [6, 6.07) is 22.7. The first-order valence-electron chi connectivity index (χ1n) is 42.9. The molecule has 0 amide bonds. The summed E-state index contributed by atoms with van der Waals surface area (Å²) in [7, 11) is 0. The third-order valence-corrected chi connectivity index (χ3v) is 20.7. The lowest BCUT2D eigenvalue weighted by Crippen LogP contribution is -2.36. The number of unbranched alkanes of at least 4 members (excludes halogenated alkanes) is 56. The zero-order valence-electron chi connectivity index (χ0n) is 64.9. The minimum atomic E-state index is -1.68. The van der Waals surface area contributed by atoms with Crippen LogP contribution in [-0.2, 0) is 29.5 Å². The first kappa shape index (κ1) is 88.8. The van der Waals surface area contributed by atoms with Crippen LogP contribution in [0, 0.1) is 0 Å². The topological polar surface area (TPSA) is 105 Å². The van der Waals surface area contributed by atoms with Crippen LogP contribution in [0.25, 0.3) is 0 Å². The van der Waals surface area contributed by atoms with Gasteiger partial charge in [-0.3, -0.25) is 19.2 Å². The molecule has 0 atom stereocenters.